The third-order valence-electron chi connectivity index (χ3n) is 3.38. The molecule has 0 aromatic rings. The number of hydrogen-bond donors (Lipinski definition) is 0. The number of likely N-dealkylation sites (tertiary alicyclic amines) is 1. The van der Waals surface area contributed by atoms with E-state index in [0.29, 0.717) is 18.4 Å². The quantitative estimate of drug-likeness (QED) is 0.661. The lowest BCUT2D eigenvalue weighted by Crippen LogP contribution is -2.45. The molecule has 2 fully saturated rings. The Hall–Kier alpha value is -0.610. The molecule has 0 spiro atoms. The zero-order valence-corrected chi connectivity index (χ0v) is 9.45. The van der Waals surface area contributed by atoms with Crippen molar-refractivity contribution in [2.45, 2.75) is 25.8 Å². The molecular formula is C11H20N2O2. The van der Waals surface area contributed by atoms with Crippen molar-refractivity contribution in [2.75, 3.05) is 39.4 Å². The van der Waals surface area contributed by atoms with E-state index >= 15 is 0 Å². The summed E-state index contributed by atoms with van der Waals surface area (Å²) in [5.74, 6) is 0.297. The first-order valence-electron chi connectivity index (χ1n) is 5.91. The molecule has 0 N–H and O–H groups in total. The number of carbonyl (C=O) groups is 1. The highest BCUT2D eigenvalue weighted by molar-refractivity contribution is 5.76. The second kappa shape index (κ2) is 4.94. The maximum absolute atomic E-state index is 11.5. The van der Waals surface area contributed by atoms with E-state index in [2.05, 4.69) is 4.90 Å². The molecule has 4 nitrogen and oxygen atoms in total. The Balaban J connectivity index is 1.83. The highest BCUT2D eigenvalue weighted by Gasteiger charge is 2.30. The Bertz CT molecular complexity index is 227. The van der Waals surface area contributed by atoms with Gasteiger partial charge in [0, 0.05) is 38.6 Å². The van der Waals surface area contributed by atoms with E-state index in [1.807, 2.05) is 11.8 Å². The largest absolute Gasteiger partial charge is 0.379 e. The van der Waals surface area contributed by atoms with E-state index < -0.39 is 0 Å². The molecule has 2 aliphatic rings. The van der Waals surface area contributed by atoms with Crippen molar-refractivity contribution in [3.63, 3.8) is 0 Å². The van der Waals surface area contributed by atoms with Crippen LogP contribution in [0.25, 0.3) is 0 Å². The van der Waals surface area contributed by atoms with Crippen LogP contribution < -0.4 is 0 Å². The van der Waals surface area contributed by atoms with Crippen LogP contribution in [-0.2, 0) is 9.53 Å². The molecule has 2 rings (SSSR count). The van der Waals surface area contributed by atoms with Gasteiger partial charge in [0.2, 0.25) is 5.91 Å². The van der Waals surface area contributed by atoms with Crippen LogP contribution in [0, 0.1) is 0 Å². The molecule has 1 unspecified atom stereocenters. The van der Waals surface area contributed by atoms with Crippen LogP contribution in [0.4, 0.5) is 0 Å². The lowest BCUT2D eigenvalue weighted by Gasteiger charge is -2.32. The van der Waals surface area contributed by atoms with Crippen molar-refractivity contribution >= 4 is 5.91 Å². The highest BCUT2D eigenvalue weighted by Crippen LogP contribution is 2.17. The minimum Gasteiger partial charge on any atom is -0.379 e. The number of rotatable bonds is 2. The molecule has 0 bridgehead atoms. The highest BCUT2D eigenvalue weighted by atomic mass is 16.5. The molecule has 1 atom stereocenters. The predicted molar refractivity (Wildman–Crippen MR) is 57.7 cm³/mol. The van der Waals surface area contributed by atoms with Crippen LogP contribution in [0.1, 0.15) is 19.8 Å². The van der Waals surface area contributed by atoms with Gasteiger partial charge in [0.25, 0.3) is 0 Å². The molecule has 15 heavy (non-hydrogen) atoms. The normalized spacial score (nSPS) is 28.3. The Morgan fingerprint density at radius 1 is 1.33 bits per heavy atom. The van der Waals surface area contributed by atoms with Gasteiger partial charge in [-0.15, -0.1) is 0 Å². The molecular weight excluding hydrogens is 192 g/mol. The fraction of sp³-hybridized carbons (Fsp3) is 0.909. The van der Waals surface area contributed by atoms with Crippen molar-refractivity contribution in [1.29, 1.82) is 0 Å². The maximum atomic E-state index is 11.5. The van der Waals surface area contributed by atoms with E-state index in [1.165, 1.54) is 0 Å². The van der Waals surface area contributed by atoms with E-state index in [-0.39, 0.29) is 0 Å². The molecule has 2 aliphatic heterocycles. The minimum atomic E-state index is 0.297. The van der Waals surface area contributed by atoms with Gasteiger partial charge in [-0.25, -0.2) is 0 Å². The van der Waals surface area contributed by atoms with Crippen molar-refractivity contribution in [1.82, 2.24) is 9.80 Å². The van der Waals surface area contributed by atoms with E-state index in [1.54, 1.807) is 0 Å². The smallest absolute Gasteiger partial charge is 0.222 e. The molecule has 2 heterocycles. The van der Waals surface area contributed by atoms with Gasteiger partial charge in [-0.3, -0.25) is 9.69 Å². The summed E-state index contributed by atoms with van der Waals surface area (Å²) in [5.41, 5.74) is 0. The van der Waals surface area contributed by atoms with E-state index in [4.69, 9.17) is 4.74 Å². The average Bonchev–Trinajstić information content (AvgIpc) is 2.78. The third-order valence-corrected chi connectivity index (χ3v) is 3.38. The van der Waals surface area contributed by atoms with Crippen LogP contribution in [-0.4, -0.2) is 61.1 Å². The summed E-state index contributed by atoms with van der Waals surface area (Å²) in [4.78, 5) is 16.0. The molecule has 0 saturated carbocycles. The molecule has 4 heteroatoms. The zero-order chi connectivity index (χ0) is 10.7. The van der Waals surface area contributed by atoms with Crippen molar-refractivity contribution in [2.24, 2.45) is 0 Å². The number of ether oxygens (including phenoxy) is 1. The van der Waals surface area contributed by atoms with Gasteiger partial charge in [-0.1, -0.05) is 6.92 Å². The topological polar surface area (TPSA) is 32.8 Å². The number of morpholine rings is 1. The molecule has 0 aliphatic carbocycles. The molecule has 2 saturated heterocycles. The van der Waals surface area contributed by atoms with Gasteiger partial charge in [0.1, 0.15) is 0 Å². The number of carbonyl (C=O) groups excluding carboxylic acids is 1. The molecule has 1 amide bonds. The number of nitrogens with zero attached hydrogens (tertiary/aromatic N) is 2. The van der Waals surface area contributed by atoms with Gasteiger partial charge >= 0.3 is 0 Å². The van der Waals surface area contributed by atoms with Crippen LogP contribution in [0.3, 0.4) is 0 Å². The number of hydrogen-bond acceptors (Lipinski definition) is 3. The van der Waals surface area contributed by atoms with Gasteiger partial charge < -0.3 is 9.64 Å². The van der Waals surface area contributed by atoms with Crippen molar-refractivity contribution in [3.8, 4) is 0 Å². The second-order valence-corrected chi connectivity index (χ2v) is 4.28. The summed E-state index contributed by atoms with van der Waals surface area (Å²) in [6, 6.07) is 0.574. The van der Waals surface area contributed by atoms with Crippen molar-refractivity contribution in [3.05, 3.63) is 0 Å². The first-order chi connectivity index (χ1) is 7.31. The molecule has 86 valence electrons. The van der Waals surface area contributed by atoms with E-state index in [0.717, 1.165) is 45.8 Å². The Kier molecular flexibility index (Phi) is 3.59. The zero-order valence-electron chi connectivity index (χ0n) is 9.45. The van der Waals surface area contributed by atoms with E-state index in [9.17, 15) is 4.79 Å². The third kappa shape index (κ3) is 2.49. The predicted octanol–water partition coefficient (Wildman–Crippen LogP) is 0.329. The fourth-order valence-corrected chi connectivity index (χ4v) is 2.43. The van der Waals surface area contributed by atoms with Gasteiger partial charge in [0.05, 0.1) is 13.2 Å². The van der Waals surface area contributed by atoms with Crippen LogP contribution in [0.2, 0.25) is 0 Å². The summed E-state index contributed by atoms with van der Waals surface area (Å²) >= 11 is 0. The number of amides is 1. The molecule has 0 radical (unpaired) electrons. The summed E-state index contributed by atoms with van der Waals surface area (Å²) in [6.07, 6.45) is 1.77. The minimum absolute atomic E-state index is 0.297. The SMILES string of the molecule is CCC(=O)N1CCC(N2CCOCC2)C1. The van der Waals surface area contributed by atoms with Crippen LogP contribution >= 0.6 is 0 Å². The summed E-state index contributed by atoms with van der Waals surface area (Å²) < 4.78 is 5.33. The fourth-order valence-electron chi connectivity index (χ4n) is 2.43. The Labute approximate surface area is 91.2 Å². The summed E-state index contributed by atoms with van der Waals surface area (Å²) in [7, 11) is 0. The first-order valence-corrected chi connectivity index (χ1v) is 5.91. The molecule has 0 aromatic carbocycles. The van der Waals surface area contributed by atoms with Gasteiger partial charge in [-0.05, 0) is 6.42 Å². The van der Waals surface area contributed by atoms with Gasteiger partial charge in [0.15, 0.2) is 0 Å². The standard InChI is InChI=1S/C11H20N2O2/c1-2-11(14)13-4-3-10(9-13)12-5-7-15-8-6-12/h10H,2-9H2,1H3. The maximum Gasteiger partial charge on any atom is 0.222 e. The summed E-state index contributed by atoms with van der Waals surface area (Å²) in [6.45, 7) is 7.54. The Morgan fingerprint density at radius 3 is 2.73 bits per heavy atom. The lowest BCUT2D eigenvalue weighted by atomic mass is 10.2. The Morgan fingerprint density at radius 2 is 2.07 bits per heavy atom. The van der Waals surface area contributed by atoms with Crippen molar-refractivity contribution < 1.29 is 9.53 Å². The summed E-state index contributed by atoms with van der Waals surface area (Å²) in [5, 5.41) is 0. The van der Waals surface area contributed by atoms with Gasteiger partial charge in [-0.2, -0.15) is 0 Å². The average molecular weight is 212 g/mol. The second-order valence-electron chi connectivity index (χ2n) is 4.28. The van der Waals surface area contributed by atoms with Crippen LogP contribution in [0.5, 0.6) is 0 Å². The lowest BCUT2D eigenvalue weighted by molar-refractivity contribution is -0.130. The monoisotopic (exact) mass is 212 g/mol. The molecule has 0 aromatic heterocycles. The van der Waals surface area contributed by atoms with Crippen LogP contribution in [0.15, 0.2) is 0 Å². The first kappa shape index (κ1) is 10.9.